The fourth-order valence-corrected chi connectivity index (χ4v) is 1.95. The van der Waals surface area contributed by atoms with Crippen molar-refractivity contribution >= 4 is 11.7 Å². The molecule has 23 heavy (non-hydrogen) atoms. The minimum atomic E-state index is -1.06. The van der Waals surface area contributed by atoms with E-state index in [9.17, 15) is 14.9 Å². The molecule has 0 saturated heterocycles. The zero-order valence-corrected chi connectivity index (χ0v) is 12.4. The Morgan fingerprint density at radius 2 is 1.96 bits per heavy atom. The van der Waals surface area contributed by atoms with Gasteiger partial charge in [-0.1, -0.05) is 12.1 Å². The van der Waals surface area contributed by atoms with E-state index < -0.39 is 10.9 Å². The lowest BCUT2D eigenvalue weighted by Gasteiger charge is -2.12. The van der Waals surface area contributed by atoms with Gasteiger partial charge in [-0.3, -0.25) is 10.1 Å². The quantitative estimate of drug-likeness (QED) is 0.621. The van der Waals surface area contributed by atoms with Crippen molar-refractivity contribution in [2.24, 2.45) is 0 Å². The van der Waals surface area contributed by atoms with Crippen molar-refractivity contribution in [3.05, 3.63) is 63.7 Å². The second-order valence-corrected chi connectivity index (χ2v) is 4.62. The van der Waals surface area contributed by atoms with Gasteiger partial charge in [-0.05, 0) is 30.7 Å². The van der Waals surface area contributed by atoms with E-state index in [2.05, 4.69) is 0 Å². The molecule has 0 saturated carbocycles. The highest BCUT2D eigenvalue weighted by molar-refractivity contribution is 5.88. The molecule has 0 spiro atoms. The number of aromatic carboxylic acids is 1. The number of non-ortho nitro benzene ring substituents is 1. The van der Waals surface area contributed by atoms with Crippen LogP contribution < -0.4 is 9.47 Å². The number of carboxylic acid groups (broad SMARTS) is 1. The molecule has 2 aromatic carbocycles. The summed E-state index contributed by atoms with van der Waals surface area (Å²) < 4.78 is 11.0. The van der Waals surface area contributed by atoms with Crippen LogP contribution in [0.5, 0.6) is 11.5 Å². The van der Waals surface area contributed by atoms with E-state index in [4.69, 9.17) is 14.6 Å². The van der Waals surface area contributed by atoms with E-state index in [1.54, 1.807) is 19.1 Å². The van der Waals surface area contributed by atoms with Crippen LogP contribution in [-0.4, -0.2) is 22.6 Å². The van der Waals surface area contributed by atoms with E-state index in [0.717, 1.165) is 0 Å². The number of hydrogen-bond acceptors (Lipinski definition) is 5. The summed E-state index contributed by atoms with van der Waals surface area (Å²) in [5, 5.41) is 19.8. The van der Waals surface area contributed by atoms with Crippen LogP contribution in [0.4, 0.5) is 5.69 Å². The van der Waals surface area contributed by atoms with Gasteiger partial charge in [0, 0.05) is 12.1 Å². The summed E-state index contributed by atoms with van der Waals surface area (Å²) in [5.41, 5.74) is 0.706. The number of ether oxygens (including phenoxy) is 2. The molecule has 0 aliphatic carbocycles. The number of carbonyl (C=O) groups is 1. The monoisotopic (exact) mass is 317 g/mol. The number of nitro groups is 1. The Morgan fingerprint density at radius 3 is 2.61 bits per heavy atom. The summed E-state index contributed by atoms with van der Waals surface area (Å²) >= 11 is 0. The molecule has 2 aromatic rings. The third-order valence-electron chi connectivity index (χ3n) is 3.01. The van der Waals surface area contributed by atoms with Gasteiger partial charge >= 0.3 is 5.97 Å². The maximum Gasteiger partial charge on any atom is 0.335 e. The molecule has 2 rings (SSSR count). The number of hydrogen-bond donors (Lipinski definition) is 1. The lowest BCUT2D eigenvalue weighted by atomic mass is 10.2. The number of nitrogens with zero attached hydrogens (tertiary/aromatic N) is 1. The van der Waals surface area contributed by atoms with Gasteiger partial charge in [0.05, 0.1) is 17.1 Å². The van der Waals surface area contributed by atoms with E-state index in [1.807, 2.05) is 0 Å². The van der Waals surface area contributed by atoms with Gasteiger partial charge in [-0.15, -0.1) is 0 Å². The number of rotatable bonds is 7. The van der Waals surface area contributed by atoms with Crippen LogP contribution in [0.1, 0.15) is 22.8 Å². The Hall–Kier alpha value is -3.09. The Kier molecular flexibility index (Phi) is 5.14. The summed E-state index contributed by atoms with van der Waals surface area (Å²) in [6, 6.07) is 10.4. The lowest BCUT2D eigenvalue weighted by Crippen LogP contribution is -2.03. The Balaban J connectivity index is 2.17. The van der Waals surface area contributed by atoms with E-state index >= 15 is 0 Å². The van der Waals surface area contributed by atoms with E-state index in [-0.39, 0.29) is 17.9 Å². The zero-order valence-electron chi connectivity index (χ0n) is 12.4. The molecule has 0 amide bonds. The van der Waals surface area contributed by atoms with Crippen LogP contribution >= 0.6 is 0 Å². The van der Waals surface area contributed by atoms with Crippen molar-refractivity contribution in [1.82, 2.24) is 0 Å². The average molecular weight is 317 g/mol. The first kappa shape index (κ1) is 16.3. The van der Waals surface area contributed by atoms with Gasteiger partial charge in [0.25, 0.3) is 5.69 Å². The molecular formula is C16H15NO6. The molecular weight excluding hydrogens is 302 g/mol. The zero-order chi connectivity index (χ0) is 16.8. The van der Waals surface area contributed by atoms with Gasteiger partial charge in [0.1, 0.15) is 6.61 Å². The summed E-state index contributed by atoms with van der Waals surface area (Å²) in [6.07, 6.45) is 0. The number of nitro benzene ring substituents is 1. The summed E-state index contributed by atoms with van der Waals surface area (Å²) in [6.45, 7) is 2.24. The smallest absolute Gasteiger partial charge is 0.335 e. The first-order chi connectivity index (χ1) is 11.0. The Bertz CT molecular complexity index is 728. The van der Waals surface area contributed by atoms with Crippen LogP contribution in [0.2, 0.25) is 0 Å². The van der Waals surface area contributed by atoms with Crippen LogP contribution in [0, 0.1) is 10.1 Å². The molecule has 1 N–H and O–H groups in total. The topological polar surface area (TPSA) is 98.9 Å². The standard InChI is InChI=1S/C16H15NO6/c1-2-22-15-9-12(16(18)19)6-7-14(15)23-10-11-4-3-5-13(8-11)17(20)21/h3-9H,2,10H2,1H3,(H,18,19). The molecule has 7 heteroatoms. The normalized spacial score (nSPS) is 10.1. The molecule has 0 aliphatic heterocycles. The minimum Gasteiger partial charge on any atom is -0.490 e. The van der Waals surface area contributed by atoms with Crippen LogP contribution in [0.15, 0.2) is 42.5 Å². The highest BCUT2D eigenvalue weighted by Crippen LogP contribution is 2.29. The SMILES string of the molecule is CCOc1cc(C(=O)O)ccc1OCc1cccc([N+](=O)[O-])c1. The van der Waals surface area contributed by atoms with Gasteiger partial charge in [0.2, 0.25) is 0 Å². The van der Waals surface area contributed by atoms with Crippen molar-refractivity contribution in [3.63, 3.8) is 0 Å². The van der Waals surface area contributed by atoms with Crippen molar-refractivity contribution in [2.75, 3.05) is 6.61 Å². The minimum absolute atomic E-state index is 0.0163. The number of carboxylic acids is 1. The number of benzene rings is 2. The second-order valence-electron chi connectivity index (χ2n) is 4.62. The maximum atomic E-state index is 11.0. The molecule has 0 aliphatic rings. The van der Waals surface area contributed by atoms with Gasteiger partial charge in [0.15, 0.2) is 11.5 Å². The van der Waals surface area contributed by atoms with Crippen molar-refractivity contribution < 1.29 is 24.3 Å². The maximum absolute atomic E-state index is 11.0. The van der Waals surface area contributed by atoms with Crippen molar-refractivity contribution in [1.29, 1.82) is 0 Å². The third-order valence-corrected chi connectivity index (χ3v) is 3.01. The Labute approximate surface area is 132 Å². The highest BCUT2D eigenvalue weighted by atomic mass is 16.6. The van der Waals surface area contributed by atoms with Gasteiger partial charge in [-0.2, -0.15) is 0 Å². The molecule has 0 heterocycles. The third kappa shape index (κ3) is 4.19. The van der Waals surface area contributed by atoms with Crippen LogP contribution in [0.25, 0.3) is 0 Å². The van der Waals surface area contributed by atoms with E-state index in [0.29, 0.717) is 23.7 Å². The fourth-order valence-electron chi connectivity index (χ4n) is 1.95. The molecule has 0 fully saturated rings. The molecule has 0 unspecified atom stereocenters. The van der Waals surface area contributed by atoms with Gasteiger partial charge < -0.3 is 14.6 Å². The summed E-state index contributed by atoms with van der Waals surface area (Å²) in [5.74, 6) is -0.364. The molecule has 7 nitrogen and oxygen atoms in total. The van der Waals surface area contributed by atoms with Crippen LogP contribution in [-0.2, 0) is 6.61 Å². The van der Waals surface area contributed by atoms with Gasteiger partial charge in [-0.25, -0.2) is 4.79 Å². The largest absolute Gasteiger partial charge is 0.490 e. The fraction of sp³-hybridized carbons (Fsp3) is 0.188. The molecule has 0 radical (unpaired) electrons. The summed E-state index contributed by atoms with van der Waals surface area (Å²) in [4.78, 5) is 21.3. The summed E-state index contributed by atoms with van der Waals surface area (Å²) in [7, 11) is 0. The molecule has 0 atom stereocenters. The molecule has 0 bridgehead atoms. The Morgan fingerprint density at radius 1 is 1.17 bits per heavy atom. The van der Waals surface area contributed by atoms with Crippen LogP contribution in [0.3, 0.4) is 0 Å². The lowest BCUT2D eigenvalue weighted by molar-refractivity contribution is -0.384. The predicted octanol–water partition coefficient (Wildman–Crippen LogP) is 3.27. The first-order valence-corrected chi connectivity index (χ1v) is 6.87. The molecule has 0 aromatic heterocycles. The predicted molar refractivity (Wildman–Crippen MR) is 82.0 cm³/mol. The average Bonchev–Trinajstić information content (AvgIpc) is 2.54. The molecule has 120 valence electrons. The van der Waals surface area contributed by atoms with Crippen molar-refractivity contribution in [3.8, 4) is 11.5 Å². The van der Waals surface area contributed by atoms with E-state index in [1.165, 1.54) is 30.3 Å². The first-order valence-electron chi connectivity index (χ1n) is 6.87. The highest BCUT2D eigenvalue weighted by Gasteiger charge is 2.11. The second kappa shape index (κ2) is 7.26. The van der Waals surface area contributed by atoms with Crippen molar-refractivity contribution in [2.45, 2.75) is 13.5 Å².